The molecule has 2 amide bonds. The molecule has 3 aromatic heterocycles. The van der Waals surface area contributed by atoms with E-state index in [2.05, 4.69) is 46.4 Å². The van der Waals surface area contributed by atoms with Gasteiger partial charge in [-0.1, -0.05) is 32.9 Å². The van der Waals surface area contributed by atoms with Crippen LogP contribution in [0.15, 0.2) is 48.8 Å². The maximum atomic E-state index is 13.0. The molecule has 182 valence electrons. The fourth-order valence-corrected chi connectivity index (χ4v) is 4.21. The molecule has 1 aromatic carbocycles. The lowest BCUT2D eigenvalue weighted by Gasteiger charge is -2.27. The van der Waals surface area contributed by atoms with Crippen LogP contribution in [0.4, 0.5) is 4.39 Å². The molecule has 1 atom stereocenters. The van der Waals surface area contributed by atoms with Crippen molar-refractivity contribution < 1.29 is 14.0 Å². The van der Waals surface area contributed by atoms with Crippen molar-refractivity contribution in [2.75, 3.05) is 6.54 Å². The van der Waals surface area contributed by atoms with Crippen LogP contribution in [-0.2, 0) is 6.42 Å². The number of amides is 2. The van der Waals surface area contributed by atoms with E-state index >= 15 is 0 Å². The van der Waals surface area contributed by atoms with Crippen LogP contribution in [0.5, 0.6) is 0 Å². The van der Waals surface area contributed by atoms with Crippen LogP contribution in [0.25, 0.3) is 21.7 Å². The summed E-state index contributed by atoms with van der Waals surface area (Å²) in [4.78, 5) is 38.9. The van der Waals surface area contributed by atoms with Gasteiger partial charge in [-0.15, -0.1) is 11.3 Å². The smallest absolute Gasteiger partial charge is 0.261 e. The van der Waals surface area contributed by atoms with Crippen LogP contribution >= 0.6 is 11.3 Å². The maximum absolute atomic E-state index is 13.0. The van der Waals surface area contributed by atoms with Crippen LogP contribution in [0, 0.1) is 11.2 Å². The van der Waals surface area contributed by atoms with Gasteiger partial charge in [0.25, 0.3) is 11.8 Å². The lowest BCUT2D eigenvalue weighted by atomic mass is 9.88. The number of rotatable bonds is 7. The molecule has 0 bridgehead atoms. The second-order valence-corrected chi connectivity index (χ2v) is 10.6. The highest BCUT2D eigenvalue weighted by Crippen LogP contribution is 2.28. The summed E-state index contributed by atoms with van der Waals surface area (Å²) in [5.74, 6) is -0.676. The van der Waals surface area contributed by atoms with Crippen LogP contribution in [0.1, 0.15) is 53.3 Å². The Bertz CT molecular complexity index is 1350. The Hall–Kier alpha value is -3.59. The molecule has 0 aliphatic rings. The van der Waals surface area contributed by atoms with E-state index in [1.165, 1.54) is 23.5 Å². The maximum Gasteiger partial charge on any atom is 0.261 e. The predicted octanol–water partition coefficient (Wildman–Crippen LogP) is 4.96. The third kappa shape index (κ3) is 5.74. The third-order valence-corrected chi connectivity index (χ3v) is 7.07. The number of hydrogen-bond donors (Lipinski definition) is 3. The van der Waals surface area contributed by atoms with E-state index in [0.29, 0.717) is 40.3 Å². The SMILES string of the molecule is C[C@H](NC(=O)c1c[nH]c2ncc(-c3ccc(C(=O)NCCc4ccc(F)cc4)s3)nc12)C(C)(C)C. The molecule has 0 aliphatic heterocycles. The molecule has 3 heterocycles. The Labute approximate surface area is 207 Å². The summed E-state index contributed by atoms with van der Waals surface area (Å²) in [6, 6.07) is 9.77. The van der Waals surface area contributed by atoms with Gasteiger partial charge in [-0.05, 0) is 48.6 Å². The van der Waals surface area contributed by atoms with Crippen molar-refractivity contribution in [1.82, 2.24) is 25.6 Å². The number of carbonyl (C=O) groups is 2. The highest BCUT2D eigenvalue weighted by atomic mass is 32.1. The summed E-state index contributed by atoms with van der Waals surface area (Å²) in [6.45, 7) is 8.62. The highest BCUT2D eigenvalue weighted by molar-refractivity contribution is 7.17. The van der Waals surface area contributed by atoms with E-state index in [1.54, 1.807) is 30.6 Å². The minimum absolute atomic E-state index is 0.0301. The number of aromatic nitrogens is 3. The van der Waals surface area contributed by atoms with Crippen molar-refractivity contribution in [2.24, 2.45) is 5.41 Å². The number of thiophene rings is 1. The van der Waals surface area contributed by atoms with Gasteiger partial charge in [0.2, 0.25) is 0 Å². The Morgan fingerprint density at radius 3 is 2.57 bits per heavy atom. The van der Waals surface area contributed by atoms with E-state index in [-0.39, 0.29) is 29.1 Å². The molecular formula is C26H28FN5O2S. The minimum atomic E-state index is -0.281. The molecule has 0 saturated carbocycles. The summed E-state index contributed by atoms with van der Waals surface area (Å²) < 4.78 is 13.0. The van der Waals surface area contributed by atoms with Gasteiger partial charge in [-0.25, -0.2) is 14.4 Å². The highest BCUT2D eigenvalue weighted by Gasteiger charge is 2.24. The first-order chi connectivity index (χ1) is 16.6. The molecule has 9 heteroatoms. The monoisotopic (exact) mass is 493 g/mol. The van der Waals surface area contributed by atoms with Crippen LogP contribution < -0.4 is 10.6 Å². The summed E-state index contributed by atoms with van der Waals surface area (Å²) in [5.41, 5.74) is 2.90. The third-order valence-electron chi connectivity index (χ3n) is 5.97. The van der Waals surface area contributed by atoms with Crippen molar-refractivity contribution >= 4 is 34.3 Å². The fourth-order valence-electron chi connectivity index (χ4n) is 3.33. The van der Waals surface area contributed by atoms with Crippen molar-refractivity contribution in [3.63, 3.8) is 0 Å². The van der Waals surface area contributed by atoms with Crippen LogP contribution in [-0.4, -0.2) is 39.4 Å². The molecule has 35 heavy (non-hydrogen) atoms. The van der Waals surface area contributed by atoms with Gasteiger partial charge in [0, 0.05) is 18.8 Å². The predicted molar refractivity (Wildman–Crippen MR) is 136 cm³/mol. The van der Waals surface area contributed by atoms with E-state index in [1.807, 2.05) is 13.0 Å². The number of nitrogens with one attached hydrogen (secondary N) is 3. The molecule has 0 saturated heterocycles. The quantitative estimate of drug-likeness (QED) is 0.339. The normalized spacial score (nSPS) is 12.5. The van der Waals surface area contributed by atoms with E-state index in [4.69, 9.17) is 0 Å². The molecule has 4 aromatic rings. The second kappa shape index (κ2) is 9.95. The molecule has 0 spiro atoms. The van der Waals surface area contributed by atoms with Gasteiger partial charge in [-0.3, -0.25) is 9.59 Å². The Balaban J connectivity index is 1.45. The van der Waals surface area contributed by atoms with Gasteiger partial charge in [-0.2, -0.15) is 0 Å². The summed E-state index contributed by atoms with van der Waals surface area (Å²) >= 11 is 1.31. The first kappa shape index (κ1) is 24.5. The van der Waals surface area contributed by atoms with Crippen molar-refractivity contribution in [3.05, 3.63) is 70.6 Å². The van der Waals surface area contributed by atoms with Gasteiger partial charge >= 0.3 is 0 Å². The average Bonchev–Trinajstić information content (AvgIpc) is 3.47. The number of aromatic amines is 1. The van der Waals surface area contributed by atoms with Crippen LogP contribution in [0.2, 0.25) is 0 Å². The summed E-state index contributed by atoms with van der Waals surface area (Å²) in [7, 11) is 0. The van der Waals surface area contributed by atoms with E-state index < -0.39 is 0 Å². The van der Waals surface area contributed by atoms with Crippen molar-refractivity contribution in [3.8, 4) is 10.6 Å². The van der Waals surface area contributed by atoms with Gasteiger partial charge in [0.15, 0.2) is 5.65 Å². The minimum Gasteiger partial charge on any atom is -0.351 e. The van der Waals surface area contributed by atoms with E-state index in [0.717, 1.165) is 10.4 Å². The zero-order chi connectivity index (χ0) is 25.2. The molecule has 0 aliphatic carbocycles. The molecular weight excluding hydrogens is 465 g/mol. The largest absolute Gasteiger partial charge is 0.351 e. The first-order valence-electron chi connectivity index (χ1n) is 11.4. The average molecular weight is 494 g/mol. The van der Waals surface area contributed by atoms with Gasteiger partial charge in [0.05, 0.1) is 27.2 Å². The summed E-state index contributed by atoms with van der Waals surface area (Å²) in [6.07, 6.45) is 3.85. The van der Waals surface area contributed by atoms with Crippen molar-refractivity contribution in [2.45, 2.75) is 40.2 Å². The number of benzene rings is 1. The Morgan fingerprint density at radius 2 is 1.86 bits per heavy atom. The molecule has 0 unspecified atom stereocenters. The number of nitrogens with zero attached hydrogens (tertiary/aromatic N) is 2. The fraction of sp³-hybridized carbons (Fsp3) is 0.308. The molecule has 0 radical (unpaired) electrons. The van der Waals surface area contributed by atoms with Gasteiger partial charge in [0.1, 0.15) is 11.3 Å². The zero-order valence-electron chi connectivity index (χ0n) is 20.1. The number of fused-ring (bicyclic) bond motifs is 1. The Morgan fingerprint density at radius 1 is 1.11 bits per heavy atom. The van der Waals surface area contributed by atoms with Gasteiger partial charge < -0.3 is 15.6 Å². The van der Waals surface area contributed by atoms with Crippen LogP contribution in [0.3, 0.4) is 0 Å². The standard InChI is InChI=1S/C26H28FN5O2S/c1-15(26(2,3)4)31-24(33)18-13-29-23-22(18)32-19(14-30-23)20-9-10-21(35-20)25(34)28-12-11-16-5-7-17(27)8-6-16/h5-10,13-15H,11-12H2,1-4H3,(H,28,34)(H,29,30)(H,31,33)/t15-/m0/s1. The molecule has 3 N–H and O–H groups in total. The molecule has 0 fully saturated rings. The lowest BCUT2D eigenvalue weighted by molar-refractivity contribution is 0.0910. The second-order valence-electron chi connectivity index (χ2n) is 9.51. The first-order valence-corrected chi connectivity index (χ1v) is 12.2. The topological polar surface area (TPSA) is 99.8 Å². The summed E-state index contributed by atoms with van der Waals surface area (Å²) in [5, 5.41) is 5.92. The number of H-pyrrole nitrogens is 1. The molecule has 7 nitrogen and oxygen atoms in total. The molecule has 4 rings (SSSR count). The Kier molecular flexibility index (Phi) is 6.98. The number of halogens is 1. The zero-order valence-corrected chi connectivity index (χ0v) is 20.9. The van der Waals surface area contributed by atoms with Crippen molar-refractivity contribution in [1.29, 1.82) is 0 Å². The lowest BCUT2D eigenvalue weighted by Crippen LogP contribution is -2.41. The number of carbonyl (C=O) groups excluding carboxylic acids is 2. The van der Waals surface area contributed by atoms with E-state index in [9.17, 15) is 14.0 Å². The number of hydrogen-bond acceptors (Lipinski definition) is 5.